The van der Waals surface area contributed by atoms with Gasteiger partial charge in [0.1, 0.15) is 11.9 Å². The standard InChI is InChI=1S/C15H14BrN3/c1-3-11-8-13(16)6-7-14(11)19-15-12(9-17)5-4-10(2)18-15/h4-8H,3H2,1-2H3,(H,18,19). The monoisotopic (exact) mass is 315 g/mol. The Kier molecular flexibility index (Phi) is 4.18. The summed E-state index contributed by atoms with van der Waals surface area (Å²) in [7, 11) is 0. The first kappa shape index (κ1) is 13.6. The Morgan fingerprint density at radius 3 is 2.79 bits per heavy atom. The molecule has 1 aromatic heterocycles. The van der Waals surface area contributed by atoms with Crippen molar-refractivity contribution >= 4 is 27.4 Å². The number of aryl methyl sites for hydroxylation is 2. The van der Waals surface area contributed by atoms with Crippen LogP contribution in [0, 0.1) is 18.3 Å². The molecule has 0 aliphatic heterocycles. The SMILES string of the molecule is CCc1cc(Br)ccc1Nc1nc(C)ccc1C#N. The van der Waals surface area contributed by atoms with Crippen molar-refractivity contribution in [3.05, 3.63) is 51.6 Å². The predicted molar refractivity (Wildman–Crippen MR) is 80.5 cm³/mol. The number of nitrogens with zero attached hydrogens (tertiary/aromatic N) is 2. The molecule has 0 saturated heterocycles. The first-order valence-electron chi connectivity index (χ1n) is 6.07. The van der Waals surface area contributed by atoms with Gasteiger partial charge >= 0.3 is 0 Å². The molecule has 0 aliphatic carbocycles. The van der Waals surface area contributed by atoms with Gasteiger partial charge in [0.15, 0.2) is 0 Å². The number of rotatable bonds is 3. The van der Waals surface area contributed by atoms with Gasteiger partial charge in [-0.15, -0.1) is 0 Å². The van der Waals surface area contributed by atoms with E-state index >= 15 is 0 Å². The van der Waals surface area contributed by atoms with E-state index in [1.807, 2.05) is 25.1 Å². The Hall–Kier alpha value is -1.86. The zero-order valence-electron chi connectivity index (χ0n) is 10.9. The first-order valence-corrected chi connectivity index (χ1v) is 6.86. The van der Waals surface area contributed by atoms with Crippen molar-refractivity contribution in [2.24, 2.45) is 0 Å². The minimum atomic E-state index is 0.551. The molecule has 1 N–H and O–H groups in total. The van der Waals surface area contributed by atoms with E-state index in [0.717, 1.165) is 22.3 Å². The number of hydrogen-bond acceptors (Lipinski definition) is 3. The maximum absolute atomic E-state index is 9.12. The highest BCUT2D eigenvalue weighted by Gasteiger charge is 2.07. The summed E-state index contributed by atoms with van der Waals surface area (Å²) in [5.41, 5.74) is 3.61. The van der Waals surface area contributed by atoms with Gasteiger partial charge in [-0.3, -0.25) is 0 Å². The molecule has 0 amide bonds. The Balaban J connectivity index is 2.41. The zero-order valence-corrected chi connectivity index (χ0v) is 12.5. The summed E-state index contributed by atoms with van der Waals surface area (Å²) in [5, 5.41) is 12.4. The fourth-order valence-corrected chi connectivity index (χ4v) is 2.26. The molecule has 3 nitrogen and oxygen atoms in total. The molecule has 0 aliphatic rings. The molecule has 0 atom stereocenters. The topological polar surface area (TPSA) is 48.7 Å². The number of pyridine rings is 1. The largest absolute Gasteiger partial charge is 0.339 e. The summed E-state index contributed by atoms with van der Waals surface area (Å²) in [6.07, 6.45) is 0.912. The van der Waals surface area contributed by atoms with Crippen LogP contribution in [0.2, 0.25) is 0 Å². The van der Waals surface area contributed by atoms with Gasteiger partial charge in [-0.2, -0.15) is 5.26 Å². The molecule has 0 bridgehead atoms. The van der Waals surface area contributed by atoms with E-state index in [4.69, 9.17) is 5.26 Å². The van der Waals surface area contributed by atoms with Crippen LogP contribution in [-0.4, -0.2) is 4.98 Å². The second-order valence-electron chi connectivity index (χ2n) is 4.24. The summed E-state index contributed by atoms with van der Waals surface area (Å²) in [4.78, 5) is 4.39. The fourth-order valence-electron chi connectivity index (χ4n) is 1.85. The summed E-state index contributed by atoms with van der Waals surface area (Å²) in [6.45, 7) is 4.01. The molecule has 1 heterocycles. The quantitative estimate of drug-likeness (QED) is 0.917. The van der Waals surface area contributed by atoms with Gasteiger partial charge in [-0.25, -0.2) is 4.98 Å². The zero-order chi connectivity index (χ0) is 13.8. The average Bonchev–Trinajstić information content (AvgIpc) is 2.41. The second-order valence-corrected chi connectivity index (χ2v) is 5.16. The molecule has 0 fully saturated rings. The fraction of sp³-hybridized carbons (Fsp3) is 0.200. The van der Waals surface area contributed by atoms with Crippen molar-refractivity contribution in [2.75, 3.05) is 5.32 Å². The molecule has 2 aromatic rings. The third-order valence-electron chi connectivity index (χ3n) is 2.86. The maximum atomic E-state index is 9.12. The first-order chi connectivity index (χ1) is 9.13. The van der Waals surface area contributed by atoms with Crippen molar-refractivity contribution in [3.8, 4) is 6.07 Å². The van der Waals surface area contributed by atoms with Gasteiger partial charge in [-0.1, -0.05) is 22.9 Å². The van der Waals surface area contributed by atoms with Crippen LogP contribution < -0.4 is 5.32 Å². The summed E-state index contributed by atoms with van der Waals surface area (Å²) < 4.78 is 1.05. The third kappa shape index (κ3) is 3.12. The van der Waals surface area contributed by atoms with Gasteiger partial charge < -0.3 is 5.32 Å². The van der Waals surface area contributed by atoms with Gasteiger partial charge in [0, 0.05) is 15.9 Å². The normalized spacial score (nSPS) is 10.0. The second kappa shape index (κ2) is 5.85. The number of anilines is 2. The lowest BCUT2D eigenvalue weighted by molar-refractivity contribution is 1.13. The van der Waals surface area contributed by atoms with E-state index in [1.165, 1.54) is 5.56 Å². The van der Waals surface area contributed by atoms with Crippen LogP contribution in [0.4, 0.5) is 11.5 Å². The van der Waals surface area contributed by atoms with Crippen molar-refractivity contribution in [2.45, 2.75) is 20.3 Å². The molecular formula is C15H14BrN3. The minimum absolute atomic E-state index is 0.551. The van der Waals surface area contributed by atoms with Crippen LogP contribution in [-0.2, 0) is 6.42 Å². The minimum Gasteiger partial charge on any atom is -0.339 e. The van der Waals surface area contributed by atoms with E-state index in [0.29, 0.717) is 11.4 Å². The number of halogens is 1. The smallest absolute Gasteiger partial charge is 0.148 e. The number of nitrogens with one attached hydrogen (secondary N) is 1. The number of aromatic nitrogens is 1. The predicted octanol–water partition coefficient (Wildman–Crippen LogP) is 4.33. The summed E-state index contributed by atoms with van der Waals surface area (Å²) >= 11 is 3.47. The molecule has 4 heteroatoms. The van der Waals surface area contributed by atoms with Crippen LogP contribution in [0.3, 0.4) is 0 Å². The van der Waals surface area contributed by atoms with Gasteiger partial charge in [-0.05, 0) is 49.2 Å². The van der Waals surface area contributed by atoms with E-state index in [-0.39, 0.29) is 0 Å². The van der Waals surface area contributed by atoms with Crippen molar-refractivity contribution in [3.63, 3.8) is 0 Å². The number of hydrogen-bond donors (Lipinski definition) is 1. The number of benzene rings is 1. The molecule has 0 radical (unpaired) electrons. The molecular weight excluding hydrogens is 302 g/mol. The highest BCUT2D eigenvalue weighted by molar-refractivity contribution is 9.10. The molecule has 1 aromatic carbocycles. The van der Waals surface area contributed by atoms with Crippen molar-refractivity contribution in [1.29, 1.82) is 5.26 Å². The molecule has 0 spiro atoms. The Labute approximate surface area is 121 Å². The lowest BCUT2D eigenvalue weighted by atomic mass is 10.1. The number of nitriles is 1. The Morgan fingerprint density at radius 2 is 2.11 bits per heavy atom. The summed E-state index contributed by atoms with van der Waals surface area (Å²) in [6, 6.07) is 11.8. The van der Waals surface area contributed by atoms with E-state index in [1.54, 1.807) is 6.07 Å². The maximum Gasteiger partial charge on any atom is 0.148 e. The van der Waals surface area contributed by atoms with Gasteiger partial charge in [0.25, 0.3) is 0 Å². The molecule has 96 valence electrons. The highest BCUT2D eigenvalue weighted by atomic mass is 79.9. The van der Waals surface area contributed by atoms with Crippen LogP contribution in [0.25, 0.3) is 0 Å². The Morgan fingerprint density at radius 1 is 1.32 bits per heavy atom. The highest BCUT2D eigenvalue weighted by Crippen LogP contribution is 2.25. The van der Waals surface area contributed by atoms with Crippen molar-refractivity contribution < 1.29 is 0 Å². The van der Waals surface area contributed by atoms with Crippen LogP contribution in [0.1, 0.15) is 23.7 Å². The van der Waals surface area contributed by atoms with Gasteiger partial charge in [0.2, 0.25) is 0 Å². The van der Waals surface area contributed by atoms with E-state index in [9.17, 15) is 0 Å². The molecule has 0 unspecified atom stereocenters. The van der Waals surface area contributed by atoms with E-state index in [2.05, 4.69) is 45.3 Å². The summed E-state index contributed by atoms with van der Waals surface area (Å²) in [5.74, 6) is 0.611. The lowest BCUT2D eigenvalue weighted by Gasteiger charge is -2.12. The average molecular weight is 316 g/mol. The molecule has 0 saturated carbocycles. The third-order valence-corrected chi connectivity index (χ3v) is 3.35. The van der Waals surface area contributed by atoms with Crippen LogP contribution >= 0.6 is 15.9 Å². The van der Waals surface area contributed by atoms with Crippen molar-refractivity contribution in [1.82, 2.24) is 4.98 Å². The van der Waals surface area contributed by atoms with Crippen LogP contribution in [0.15, 0.2) is 34.8 Å². The Bertz CT molecular complexity index is 644. The van der Waals surface area contributed by atoms with Crippen LogP contribution in [0.5, 0.6) is 0 Å². The van der Waals surface area contributed by atoms with Gasteiger partial charge in [0.05, 0.1) is 5.56 Å². The molecule has 19 heavy (non-hydrogen) atoms. The van der Waals surface area contributed by atoms with E-state index < -0.39 is 0 Å². The lowest BCUT2D eigenvalue weighted by Crippen LogP contribution is -2.01. The molecule has 2 rings (SSSR count).